The molecule has 0 unspecified atom stereocenters. The Labute approximate surface area is 101 Å². The second-order valence-corrected chi connectivity index (χ2v) is 1.56. The number of nitrogens with one attached hydrogen (secondary N) is 1. The molecule has 0 saturated carbocycles. The Kier molecular flexibility index (Phi) is 7.94. The van der Waals surface area contributed by atoms with Crippen LogP contribution in [-0.2, 0) is 4.79 Å². The number of carbonyl (C=O) groups excluding carboxylic acids is 2. The average Bonchev–Trinajstić information content (AvgIpc) is 1.63. The van der Waals surface area contributed by atoms with E-state index in [1.165, 1.54) is 6.92 Å². The number of hydrogen-bond acceptors (Lipinski definition) is 3. The monoisotopic (exact) mass is 170 g/mol. The van der Waals surface area contributed by atoms with Crippen molar-refractivity contribution in [2.24, 2.45) is 5.73 Å². The quantitative estimate of drug-likeness (QED) is 0.405. The van der Waals surface area contributed by atoms with E-state index in [2.05, 4.69) is 0 Å². The van der Waals surface area contributed by atoms with E-state index >= 15 is 0 Å². The molecule has 0 spiro atoms. The summed E-state index contributed by atoms with van der Waals surface area (Å²) >= 11 is 0. The van der Waals surface area contributed by atoms with Crippen LogP contribution in [0, 0.1) is 0 Å². The molecule has 0 aliphatic rings. The molecule has 0 aliphatic carbocycles. The van der Waals surface area contributed by atoms with Crippen molar-refractivity contribution in [3.05, 3.63) is 0 Å². The summed E-state index contributed by atoms with van der Waals surface area (Å²) in [6.07, 6.45) is -1.50. The first-order valence-corrected chi connectivity index (χ1v) is 2.31. The molecule has 1 atom stereocenters. The molecule has 0 aromatic heterocycles. The molecule has 0 radical (unpaired) electrons. The average molecular weight is 170 g/mol. The van der Waals surface area contributed by atoms with Gasteiger partial charge in [0.05, 0.1) is 0 Å². The third-order valence-corrected chi connectivity index (χ3v) is 0.761. The maximum Gasteiger partial charge on any atom is 1.00 e. The zero-order valence-electron chi connectivity index (χ0n) is 5.88. The number of carbonyl (C=O) groups is 2. The molecule has 3 N–H and O–H groups in total. The Morgan fingerprint density at radius 2 is 2.00 bits per heavy atom. The second kappa shape index (κ2) is 6.11. The van der Waals surface area contributed by atoms with E-state index in [0.29, 0.717) is 0 Å². The van der Waals surface area contributed by atoms with E-state index < -0.39 is 18.0 Å². The molecule has 0 heterocycles. The van der Waals surface area contributed by atoms with E-state index in [1.807, 2.05) is 0 Å². The molecular formula is C4H7KN2O3. The van der Waals surface area contributed by atoms with Crippen molar-refractivity contribution in [3.8, 4) is 0 Å². The fraction of sp³-hybridized carbons (Fsp3) is 0.500. The summed E-state index contributed by atoms with van der Waals surface area (Å²) in [5.41, 5.74) is 4.69. The normalized spacial score (nSPS) is 10.9. The van der Waals surface area contributed by atoms with Crippen LogP contribution in [0.1, 0.15) is 6.92 Å². The van der Waals surface area contributed by atoms with Gasteiger partial charge in [-0.2, -0.15) is 0 Å². The minimum atomic E-state index is -1.50. The Morgan fingerprint density at radius 1 is 1.60 bits per heavy atom. The first-order chi connectivity index (χ1) is 4.04. The van der Waals surface area contributed by atoms with Crippen LogP contribution in [0.2, 0.25) is 0 Å². The minimum absolute atomic E-state index is 0. The van der Waals surface area contributed by atoms with Crippen LogP contribution in [0.25, 0.3) is 0 Å². The van der Waals surface area contributed by atoms with Crippen molar-refractivity contribution in [1.82, 2.24) is 5.32 Å². The molecule has 2 amide bonds. The zero-order chi connectivity index (χ0) is 7.44. The molecular weight excluding hydrogens is 163 g/mol. The maximum atomic E-state index is 10.1. The minimum Gasteiger partial charge on any atom is -0.530 e. The van der Waals surface area contributed by atoms with Gasteiger partial charge in [0.2, 0.25) is 5.91 Å². The topological polar surface area (TPSA) is 95.2 Å². The maximum absolute atomic E-state index is 10.1. The molecule has 10 heavy (non-hydrogen) atoms. The summed E-state index contributed by atoms with van der Waals surface area (Å²) in [7, 11) is 0. The van der Waals surface area contributed by atoms with E-state index in [1.54, 1.807) is 5.32 Å². The van der Waals surface area contributed by atoms with Crippen molar-refractivity contribution in [2.45, 2.75) is 13.0 Å². The van der Waals surface area contributed by atoms with Gasteiger partial charge in [0.25, 0.3) is 0 Å². The molecule has 0 fully saturated rings. The van der Waals surface area contributed by atoms with Crippen molar-refractivity contribution >= 4 is 12.0 Å². The van der Waals surface area contributed by atoms with Crippen LogP contribution in [-0.4, -0.2) is 18.0 Å². The van der Waals surface area contributed by atoms with Gasteiger partial charge in [0.1, 0.15) is 12.1 Å². The molecule has 0 saturated heterocycles. The van der Waals surface area contributed by atoms with E-state index in [4.69, 9.17) is 5.73 Å². The standard InChI is InChI=1S/C4H8N2O3.K/c1-2(3(5)7)6-4(8)9;/h2,6H,1H3,(H2,5,7)(H,8,9);/q;+1/p-1/t2-;/m0./s1. The second-order valence-electron chi connectivity index (χ2n) is 1.56. The summed E-state index contributed by atoms with van der Waals surface area (Å²) in [6.45, 7) is 1.33. The van der Waals surface area contributed by atoms with E-state index in [-0.39, 0.29) is 51.4 Å². The Balaban J connectivity index is 0. The van der Waals surface area contributed by atoms with Gasteiger partial charge in [-0.15, -0.1) is 0 Å². The van der Waals surface area contributed by atoms with Crippen molar-refractivity contribution in [3.63, 3.8) is 0 Å². The van der Waals surface area contributed by atoms with Crippen LogP contribution in [0.5, 0.6) is 0 Å². The van der Waals surface area contributed by atoms with Crippen LogP contribution in [0.4, 0.5) is 4.79 Å². The molecule has 52 valence electrons. The Morgan fingerprint density at radius 3 is 2.10 bits per heavy atom. The molecule has 0 aromatic rings. The SMILES string of the molecule is C[C@H](NC(=O)[O-])C(N)=O.[K+]. The first-order valence-electron chi connectivity index (χ1n) is 2.31. The van der Waals surface area contributed by atoms with Gasteiger partial charge in [-0.3, -0.25) is 4.79 Å². The van der Waals surface area contributed by atoms with Gasteiger partial charge in [-0.25, -0.2) is 0 Å². The third-order valence-electron chi connectivity index (χ3n) is 0.761. The van der Waals surface area contributed by atoms with Crippen molar-refractivity contribution in [1.29, 1.82) is 0 Å². The van der Waals surface area contributed by atoms with E-state index in [0.717, 1.165) is 0 Å². The van der Waals surface area contributed by atoms with Crippen LogP contribution in [0.15, 0.2) is 0 Å². The predicted molar refractivity (Wildman–Crippen MR) is 27.2 cm³/mol. The number of amides is 2. The first kappa shape index (κ1) is 13.0. The molecule has 0 rings (SSSR count). The summed E-state index contributed by atoms with van der Waals surface area (Å²) in [5.74, 6) is -0.723. The smallest absolute Gasteiger partial charge is 0.530 e. The van der Waals surface area contributed by atoms with Gasteiger partial charge in [-0.05, 0) is 6.92 Å². The third kappa shape index (κ3) is 6.50. The fourth-order valence-electron chi connectivity index (χ4n) is 0.248. The van der Waals surface area contributed by atoms with Crippen LogP contribution >= 0.6 is 0 Å². The molecule has 0 aromatic carbocycles. The summed E-state index contributed by atoms with van der Waals surface area (Å²) < 4.78 is 0. The largest absolute Gasteiger partial charge is 1.00 e. The fourth-order valence-corrected chi connectivity index (χ4v) is 0.248. The molecule has 5 nitrogen and oxygen atoms in total. The Hall–Kier alpha value is 0.376. The summed E-state index contributed by atoms with van der Waals surface area (Å²) in [6, 6.07) is -0.880. The van der Waals surface area contributed by atoms with Gasteiger partial charge in [0, 0.05) is 0 Å². The van der Waals surface area contributed by atoms with Gasteiger partial charge in [-0.1, -0.05) is 0 Å². The molecule has 0 bridgehead atoms. The number of rotatable bonds is 2. The van der Waals surface area contributed by atoms with Crippen LogP contribution in [0.3, 0.4) is 0 Å². The molecule has 6 heteroatoms. The summed E-state index contributed by atoms with van der Waals surface area (Å²) in [5, 5.41) is 11.5. The zero-order valence-corrected chi connectivity index (χ0v) is 9.00. The van der Waals surface area contributed by atoms with Crippen LogP contribution < -0.4 is 67.5 Å². The Bertz CT molecular complexity index is 138. The van der Waals surface area contributed by atoms with E-state index in [9.17, 15) is 14.7 Å². The van der Waals surface area contributed by atoms with Crippen molar-refractivity contribution in [2.75, 3.05) is 0 Å². The number of nitrogens with two attached hydrogens (primary N) is 1. The molecule has 0 aliphatic heterocycles. The van der Waals surface area contributed by atoms with Crippen molar-refractivity contribution < 1.29 is 66.1 Å². The predicted octanol–water partition coefficient (Wildman–Crippen LogP) is -5.20. The number of primary amides is 1. The summed E-state index contributed by atoms with van der Waals surface area (Å²) in [4.78, 5) is 19.8. The number of carboxylic acid groups (broad SMARTS) is 1. The van der Waals surface area contributed by atoms with Gasteiger partial charge >= 0.3 is 51.4 Å². The van der Waals surface area contributed by atoms with Gasteiger partial charge < -0.3 is 21.0 Å². The van der Waals surface area contributed by atoms with Gasteiger partial charge in [0.15, 0.2) is 0 Å². The number of hydrogen-bond donors (Lipinski definition) is 2.